The molecule has 0 saturated carbocycles. The molecule has 0 aliphatic carbocycles. The second-order valence-corrected chi connectivity index (χ2v) is 2.06. The molecular weight excluding hydrogens is 112 g/mol. The van der Waals surface area contributed by atoms with E-state index in [1.165, 1.54) is 0 Å². The van der Waals surface area contributed by atoms with Crippen LogP contribution in [0.2, 0.25) is 0 Å². The van der Waals surface area contributed by atoms with Crippen LogP contribution in [-0.2, 0) is 0 Å². The minimum Gasteiger partial charge on any atom is -0.305 e. The summed E-state index contributed by atoms with van der Waals surface area (Å²) in [6.45, 7) is 2.16. The van der Waals surface area contributed by atoms with Crippen molar-refractivity contribution in [2.75, 3.05) is 14.1 Å². The van der Waals surface area contributed by atoms with Crippen molar-refractivity contribution in [1.29, 1.82) is 0 Å². The summed E-state index contributed by atoms with van der Waals surface area (Å²) >= 11 is 0. The summed E-state index contributed by atoms with van der Waals surface area (Å²) in [4.78, 5) is 0. The predicted octanol–water partition coefficient (Wildman–Crippen LogP) is 0.756. The van der Waals surface area contributed by atoms with Gasteiger partial charge in [0.05, 0.1) is 6.17 Å². The molecule has 0 aliphatic rings. The van der Waals surface area contributed by atoms with Crippen molar-refractivity contribution in [3.05, 3.63) is 6.42 Å². The van der Waals surface area contributed by atoms with E-state index in [-0.39, 0.29) is 0 Å². The van der Waals surface area contributed by atoms with Crippen LogP contribution in [0.4, 0.5) is 0 Å². The first-order valence-corrected chi connectivity index (χ1v) is 3.51. The zero-order valence-corrected chi connectivity index (χ0v) is 6.57. The van der Waals surface area contributed by atoms with Gasteiger partial charge in [0, 0.05) is 0 Å². The van der Waals surface area contributed by atoms with Crippen LogP contribution in [0.1, 0.15) is 19.8 Å². The quantitative estimate of drug-likeness (QED) is 0.535. The molecule has 0 aromatic heterocycles. The summed E-state index contributed by atoms with van der Waals surface area (Å²) in [5.41, 5.74) is 0. The van der Waals surface area contributed by atoms with Crippen LogP contribution in [-0.4, -0.2) is 20.3 Å². The number of unbranched alkanes of at least 4 members (excludes halogenated alkanes) is 1. The number of hydrogen-bond acceptors (Lipinski definition) is 2. The van der Waals surface area contributed by atoms with Crippen molar-refractivity contribution in [3.8, 4) is 0 Å². The predicted molar refractivity (Wildman–Crippen MR) is 41.1 cm³/mol. The van der Waals surface area contributed by atoms with E-state index in [1.807, 2.05) is 14.1 Å². The second kappa shape index (κ2) is 6.05. The van der Waals surface area contributed by atoms with Crippen LogP contribution in [0, 0.1) is 6.42 Å². The molecule has 2 nitrogen and oxygen atoms in total. The smallest absolute Gasteiger partial charge is 0.0569 e. The highest BCUT2D eigenvalue weighted by Crippen LogP contribution is 1.94. The van der Waals surface area contributed by atoms with Gasteiger partial charge in [-0.05, 0) is 26.9 Å². The summed E-state index contributed by atoms with van der Waals surface area (Å²) in [6.07, 6.45) is 4.96. The van der Waals surface area contributed by atoms with Gasteiger partial charge in [-0.3, -0.25) is 0 Å². The highest BCUT2D eigenvalue weighted by Gasteiger charge is 1.98. The SMILES string of the molecule is CC[CH]CC(NC)NC. The monoisotopic (exact) mass is 129 g/mol. The van der Waals surface area contributed by atoms with Crippen molar-refractivity contribution in [1.82, 2.24) is 10.6 Å². The van der Waals surface area contributed by atoms with E-state index < -0.39 is 0 Å². The molecule has 0 aromatic carbocycles. The van der Waals surface area contributed by atoms with E-state index in [4.69, 9.17) is 0 Å². The van der Waals surface area contributed by atoms with Crippen LogP contribution in [0.3, 0.4) is 0 Å². The third kappa shape index (κ3) is 4.43. The van der Waals surface area contributed by atoms with Gasteiger partial charge in [0.15, 0.2) is 0 Å². The highest BCUT2D eigenvalue weighted by atomic mass is 15.1. The fraction of sp³-hybridized carbons (Fsp3) is 0.857. The summed E-state index contributed by atoms with van der Waals surface area (Å²) in [5.74, 6) is 0. The molecule has 0 spiro atoms. The zero-order valence-electron chi connectivity index (χ0n) is 6.57. The first-order chi connectivity index (χ1) is 4.35. The molecule has 0 heterocycles. The lowest BCUT2D eigenvalue weighted by Gasteiger charge is -2.13. The number of hydrogen-bond donors (Lipinski definition) is 2. The van der Waals surface area contributed by atoms with Crippen LogP contribution in [0.5, 0.6) is 0 Å². The Kier molecular flexibility index (Phi) is 5.99. The Morgan fingerprint density at radius 1 is 1.33 bits per heavy atom. The minimum atomic E-state index is 0.449. The Hall–Kier alpha value is -0.0800. The van der Waals surface area contributed by atoms with Gasteiger partial charge in [-0.25, -0.2) is 0 Å². The number of nitrogens with one attached hydrogen (secondary N) is 2. The Labute approximate surface area is 58.0 Å². The average molecular weight is 129 g/mol. The summed E-state index contributed by atoms with van der Waals surface area (Å²) in [5, 5.41) is 6.29. The van der Waals surface area contributed by atoms with E-state index in [0.717, 1.165) is 12.8 Å². The van der Waals surface area contributed by atoms with Gasteiger partial charge in [-0.1, -0.05) is 13.3 Å². The molecular formula is C7H17N2. The molecule has 0 bridgehead atoms. The maximum atomic E-state index is 3.14. The minimum absolute atomic E-state index is 0.449. The third-order valence-corrected chi connectivity index (χ3v) is 1.39. The summed E-state index contributed by atoms with van der Waals surface area (Å²) in [6, 6.07) is 0. The molecule has 0 unspecified atom stereocenters. The molecule has 0 amide bonds. The van der Waals surface area contributed by atoms with Gasteiger partial charge in [-0.15, -0.1) is 0 Å². The lowest BCUT2D eigenvalue weighted by Crippen LogP contribution is -2.37. The first-order valence-electron chi connectivity index (χ1n) is 3.51. The average Bonchev–Trinajstić information content (AvgIpc) is 1.91. The van der Waals surface area contributed by atoms with E-state index in [2.05, 4.69) is 24.0 Å². The molecule has 0 aromatic rings. The van der Waals surface area contributed by atoms with Gasteiger partial charge < -0.3 is 10.6 Å². The molecule has 0 atom stereocenters. The normalized spacial score (nSPS) is 10.7. The van der Waals surface area contributed by atoms with Gasteiger partial charge in [0.2, 0.25) is 0 Å². The fourth-order valence-corrected chi connectivity index (χ4v) is 0.713. The Balaban J connectivity index is 3.09. The molecule has 0 fully saturated rings. The molecule has 2 heteroatoms. The molecule has 1 radical (unpaired) electrons. The van der Waals surface area contributed by atoms with Crippen LogP contribution in [0.25, 0.3) is 0 Å². The maximum absolute atomic E-state index is 3.14. The van der Waals surface area contributed by atoms with E-state index in [1.54, 1.807) is 0 Å². The molecule has 2 N–H and O–H groups in total. The molecule has 0 saturated heterocycles. The standard InChI is InChI=1S/C7H17N2/c1-4-5-6-7(8-2)9-3/h5,7-9H,4,6H2,1-3H3. The molecule has 0 aliphatic heterocycles. The van der Waals surface area contributed by atoms with E-state index >= 15 is 0 Å². The van der Waals surface area contributed by atoms with Crippen LogP contribution < -0.4 is 10.6 Å². The lowest BCUT2D eigenvalue weighted by molar-refractivity contribution is 0.484. The Morgan fingerprint density at radius 2 is 1.89 bits per heavy atom. The lowest BCUT2D eigenvalue weighted by atomic mass is 10.2. The largest absolute Gasteiger partial charge is 0.305 e. The van der Waals surface area contributed by atoms with Crippen molar-refractivity contribution in [2.45, 2.75) is 25.9 Å². The summed E-state index contributed by atoms with van der Waals surface area (Å²) < 4.78 is 0. The van der Waals surface area contributed by atoms with E-state index in [9.17, 15) is 0 Å². The van der Waals surface area contributed by atoms with Crippen molar-refractivity contribution < 1.29 is 0 Å². The fourth-order valence-electron chi connectivity index (χ4n) is 0.713. The second-order valence-electron chi connectivity index (χ2n) is 2.06. The molecule has 0 rings (SSSR count). The Bertz CT molecular complexity index is 50.9. The van der Waals surface area contributed by atoms with Gasteiger partial charge >= 0.3 is 0 Å². The Morgan fingerprint density at radius 3 is 2.22 bits per heavy atom. The maximum Gasteiger partial charge on any atom is 0.0569 e. The highest BCUT2D eigenvalue weighted by molar-refractivity contribution is 4.70. The van der Waals surface area contributed by atoms with Gasteiger partial charge in [-0.2, -0.15) is 0 Å². The van der Waals surface area contributed by atoms with Gasteiger partial charge in [0.25, 0.3) is 0 Å². The first kappa shape index (κ1) is 8.92. The van der Waals surface area contributed by atoms with Crippen molar-refractivity contribution in [2.24, 2.45) is 0 Å². The summed E-state index contributed by atoms with van der Waals surface area (Å²) in [7, 11) is 3.93. The topological polar surface area (TPSA) is 24.1 Å². The van der Waals surface area contributed by atoms with Crippen LogP contribution >= 0.6 is 0 Å². The van der Waals surface area contributed by atoms with Crippen molar-refractivity contribution >= 4 is 0 Å². The van der Waals surface area contributed by atoms with Gasteiger partial charge in [0.1, 0.15) is 0 Å². The third-order valence-electron chi connectivity index (χ3n) is 1.39. The number of rotatable bonds is 5. The molecule has 55 valence electrons. The van der Waals surface area contributed by atoms with Crippen molar-refractivity contribution in [3.63, 3.8) is 0 Å². The molecule has 9 heavy (non-hydrogen) atoms. The van der Waals surface area contributed by atoms with E-state index in [0.29, 0.717) is 6.17 Å². The zero-order chi connectivity index (χ0) is 7.11. The van der Waals surface area contributed by atoms with Crippen LogP contribution in [0.15, 0.2) is 0 Å².